The van der Waals surface area contributed by atoms with Crippen LogP contribution in [0.4, 0.5) is 10.1 Å². The number of para-hydroxylation sites is 1. The summed E-state index contributed by atoms with van der Waals surface area (Å²) in [7, 11) is 0. The van der Waals surface area contributed by atoms with Gasteiger partial charge in [0.15, 0.2) is 10.9 Å². The molecule has 0 saturated carbocycles. The Labute approximate surface area is 236 Å². The van der Waals surface area contributed by atoms with Crippen LogP contribution in [0.2, 0.25) is 0 Å². The van der Waals surface area contributed by atoms with Crippen LogP contribution in [-0.2, 0) is 12.3 Å². The van der Waals surface area contributed by atoms with Gasteiger partial charge in [0.25, 0.3) is 5.91 Å². The lowest BCUT2D eigenvalue weighted by Crippen LogP contribution is -2.49. The molecule has 3 aromatic carbocycles. The molecule has 1 aliphatic heterocycles. The highest BCUT2D eigenvalue weighted by molar-refractivity contribution is 7.98. The molecule has 1 amide bonds. The molecule has 6 rings (SSSR count). The van der Waals surface area contributed by atoms with Gasteiger partial charge >= 0.3 is 0 Å². The minimum atomic E-state index is -0.233. The van der Waals surface area contributed by atoms with Gasteiger partial charge in [0.1, 0.15) is 5.82 Å². The summed E-state index contributed by atoms with van der Waals surface area (Å²) in [5.74, 6) is 1.73. The molecule has 5 aromatic rings. The van der Waals surface area contributed by atoms with E-state index in [4.69, 9.17) is 4.42 Å². The lowest BCUT2D eigenvalue weighted by atomic mass is 10.1. The van der Waals surface area contributed by atoms with Crippen molar-refractivity contribution in [2.75, 3.05) is 31.1 Å². The van der Waals surface area contributed by atoms with Gasteiger partial charge in [-0.25, -0.2) is 4.39 Å². The van der Waals surface area contributed by atoms with Gasteiger partial charge in [-0.05, 0) is 47.5 Å². The second kappa shape index (κ2) is 11.8. The van der Waals surface area contributed by atoms with E-state index in [2.05, 4.69) is 26.9 Å². The zero-order valence-electron chi connectivity index (χ0n) is 21.8. The molecule has 1 saturated heterocycles. The minimum absolute atomic E-state index is 0.00705. The number of piperazine rings is 1. The van der Waals surface area contributed by atoms with Crippen LogP contribution in [0.5, 0.6) is 0 Å². The van der Waals surface area contributed by atoms with Gasteiger partial charge in [-0.2, -0.15) is 0 Å². The molecular formula is C31H28FN5O2S. The van der Waals surface area contributed by atoms with Gasteiger partial charge in [0, 0.05) is 37.5 Å². The maximum Gasteiger partial charge on any atom is 0.253 e. The first kappa shape index (κ1) is 25.9. The highest BCUT2D eigenvalue weighted by Crippen LogP contribution is 2.28. The average molecular weight is 554 g/mol. The maximum atomic E-state index is 14.2. The summed E-state index contributed by atoms with van der Waals surface area (Å²) in [4.78, 5) is 17.2. The number of rotatable bonds is 8. The third-order valence-electron chi connectivity index (χ3n) is 6.94. The Morgan fingerprint density at radius 2 is 1.62 bits per heavy atom. The molecule has 0 unspecified atom stereocenters. The van der Waals surface area contributed by atoms with Gasteiger partial charge in [-0.1, -0.05) is 66.4 Å². The Bertz CT molecular complexity index is 1580. The molecule has 0 aliphatic carbocycles. The fraction of sp³-hybridized carbons (Fsp3) is 0.194. The number of carbonyl (C=O) groups excluding carboxylic acids is 1. The Morgan fingerprint density at radius 3 is 2.40 bits per heavy atom. The number of furan rings is 1. The van der Waals surface area contributed by atoms with Crippen LogP contribution in [0.15, 0.2) is 107 Å². The van der Waals surface area contributed by atoms with Crippen molar-refractivity contribution in [2.45, 2.75) is 17.5 Å². The van der Waals surface area contributed by atoms with E-state index in [1.165, 1.54) is 6.07 Å². The fourth-order valence-corrected chi connectivity index (χ4v) is 5.76. The van der Waals surface area contributed by atoms with Crippen LogP contribution in [0.3, 0.4) is 0 Å². The van der Waals surface area contributed by atoms with E-state index in [9.17, 15) is 9.18 Å². The molecule has 1 aliphatic rings. The number of anilines is 1. The molecule has 9 heteroatoms. The molecule has 0 N–H and O–H groups in total. The Kier molecular flexibility index (Phi) is 7.63. The molecule has 3 heterocycles. The van der Waals surface area contributed by atoms with Gasteiger partial charge in [-0.15, -0.1) is 10.2 Å². The predicted molar refractivity (Wildman–Crippen MR) is 154 cm³/mol. The summed E-state index contributed by atoms with van der Waals surface area (Å²) in [6, 6.07) is 28.4. The quantitative estimate of drug-likeness (QED) is 0.220. The third-order valence-corrected chi connectivity index (χ3v) is 7.98. The first-order valence-electron chi connectivity index (χ1n) is 13.2. The zero-order chi connectivity index (χ0) is 27.3. The van der Waals surface area contributed by atoms with Crippen molar-refractivity contribution in [3.8, 4) is 11.6 Å². The highest BCUT2D eigenvalue weighted by Gasteiger charge is 2.24. The van der Waals surface area contributed by atoms with E-state index in [1.807, 2.05) is 70.5 Å². The SMILES string of the molecule is O=C(c1cccc(CSc2nnc(-c3ccco3)n2Cc2ccccc2)c1)N1CCN(c2ccccc2F)CC1. The number of thioether (sulfide) groups is 1. The fourth-order valence-electron chi connectivity index (χ4n) is 4.88. The molecule has 0 radical (unpaired) electrons. The van der Waals surface area contributed by atoms with Crippen molar-refractivity contribution < 1.29 is 13.6 Å². The summed E-state index contributed by atoms with van der Waals surface area (Å²) < 4.78 is 21.9. The summed E-state index contributed by atoms with van der Waals surface area (Å²) in [6.07, 6.45) is 1.63. The second-order valence-corrected chi connectivity index (χ2v) is 10.5. The zero-order valence-corrected chi connectivity index (χ0v) is 22.6. The number of hydrogen-bond acceptors (Lipinski definition) is 6. The molecule has 7 nitrogen and oxygen atoms in total. The van der Waals surface area contributed by atoms with Gasteiger partial charge in [0.05, 0.1) is 18.5 Å². The Morgan fingerprint density at radius 1 is 0.850 bits per heavy atom. The van der Waals surface area contributed by atoms with Crippen LogP contribution in [0.25, 0.3) is 11.6 Å². The number of nitrogens with zero attached hydrogens (tertiary/aromatic N) is 5. The van der Waals surface area contributed by atoms with Crippen LogP contribution in [0.1, 0.15) is 21.5 Å². The number of halogens is 1. The van der Waals surface area contributed by atoms with E-state index >= 15 is 0 Å². The van der Waals surface area contributed by atoms with Crippen LogP contribution >= 0.6 is 11.8 Å². The summed E-state index contributed by atoms with van der Waals surface area (Å²) in [5, 5.41) is 9.65. The Balaban J connectivity index is 1.13. The third kappa shape index (κ3) is 5.65. The van der Waals surface area contributed by atoms with Gasteiger partial charge in [0.2, 0.25) is 5.82 Å². The van der Waals surface area contributed by atoms with Crippen molar-refractivity contribution in [3.63, 3.8) is 0 Å². The van der Waals surface area contributed by atoms with Crippen molar-refractivity contribution >= 4 is 23.4 Å². The highest BCUT2D eigenvalue weighted by atomic mass is 32.2. The molecule has 2 aromatic heterocycles. The number of carbonyl (C=O) groups is 1. The summed E-state index contributed by atoms with van der Waals surface area (Å²) in [5.41, 5.74) is 3.40. The van der Waals surface area contributed by atoms with Crippen LogP contribution < -0.4 is 4.90 Å². The lowest BCUT2D eigenvalue weighted by molar-refractivity contribution is 0.0746. The monoisotopic (exact) mass is 553 g/mol. The van der Waals surface area contributed by atoms with Crippen molar-refractivity contribution in [1.82, 2.24) is 19.7 Å². The molecule has 1 fully saturated rings. The standard InChI is InChI=1S/C31H28FN5O2S/c32-26-12-4-5-13-27(26)35-15-17-36(18-16-35)30(38)25-11-6-10-24(20-25)22-40-31-34-33-29(28-14-7-19-39-28)37(31)21-23-8-2-1-3-9-23/h1-14,19-20H,15-18,21-22H2. The van der Waals surface area contributed by atoms with Gasteiger partial charge in [-0.3, -0.25) is 9.36 Å². The van der Waals surface area contributed by atoms with Crippen molar-refractivity contribution in [2.24, 2.45) is 0 Å². The molecule has 0 bridgehead atoms. The first-order chi connectivity index (χ1) is 19.7. The van der Waals surface area contributed by atoms with E-state index in [-0.39, 0.29) is 11.7 Å². The second-order valence-electron chi connectivity index (χ2n) is 9.57. The number of aromatic nitrogens is 3. The number of hydrogen-bond donors (Lipinski definition) is 0. The van der Waals surface area contributed by atoms with Crippen LogP contribution in [-0.4, -0.2) is 51.8 Å². The molecule has 202 valence electrons. The average Bonchev–Trinajstić information content (AvgIpc) is 3.67. The summed E-state index contributed by atoms with van der Waals surface area (Å²) in [6.45, 7) is 2.90. The Hall–Kier alpha value is -4.37. The van der Waals surface area contributed by atoms with E-state index in [0.717, 1.165) is 16.3 Å². The largest absolute Gasteiger partial charge is 0.461 e. The van der Waals surface area contributed by atoms with Crippen LogP contribution in [0, 0.1) is 5.82 Å². The maximum absolute atomic E-state index is 14.2. The molecular weight excluding hydrogens is 525 g/mol. The molecule has 0 spiro atoms. The van der Waals surface area contributed by atoms with E-state index < -0.39 is 0 Å². The molecule has 0 atom stereocenters. The topological polar surface area (TPSA) is 67.4 Å². The minimum Gasteiger partial charge on any atom is -0.461 e. The van der Waals surface area contributed by atoms with E-state index in [0.29, 0.717) is 61.3 Å². The van der Waals surface area contributed by atoms with Crippen molar-refractivity contribution in [1.29, 1.82) is 0 Å². The first-order valence-corrected chi connectivity index (χ1v) is 14.2. The predicted octanol–water partition coefficient (Wildman–Crippen LogP) is 5.98. The normalized spacial score (nSPS) is 13.5. The van der Waals surface area contributed by atoms with Crippen molar-refractivity contribution in [3.05, 3.63) is 120 Å². The summed E-state index contributed by atoms with van der Waals surface area (Å²) >= 11 is 1.57. The van der Waals surface area contributed by atoms with Gasteiger partial charge < -0.3 is 14.2 Å². The van der Waals surface area contributed by atoms with E-state index in [1.54, 1.807) is 30.2 Å². The smallest absolute Gasteiger partial charge is 0.253 e. The number of benzene rings is 3. The number of amides is 1. The lowest BCUT2D eigenvalue weighted by Gasteiger charge is -2.36. The molecule has 40 heavy (non-hydrogen) atoms.